The van der Waals surface area contributed by atoms with Gasteiger partial charge in [0.05, 0.1) is 12.8 Å². The summed E-state index contributed by atoms with van der Waals surface area (Å²) < 4.78 is 5.33. The lowest BCUT2D eigenvalue weighted by molar-refractivity contribution is 0.306. The predicted octanol–water partition coefficient (Wildman–Crippen LogP) is 0.402. The maximum atomic E-state index is 9.27. The SMILES string of the molecule is COc1ccc(B(O)O)cc1CN(C)Cc1ccccn1. The van der Waals surface area contributed by atoms with Crippen LogP contribution in [0.5, 0.6) is 5.75 Å². The molecule has 0 unspecified atom stereocenters. The molecular formula is C15H19BN2O3. The molecule has 2 rings (SSSR count). The highest BCUT2D eigenvalue weighted by Gasteiger charge is 2.15. The van der Waals surface area contributed by atoms with Crippen LogP contribution >= 0.6 is 0 Å². The summed E-state index contributed by atoms with van der Waals surface area (Å²) in [5.74, 6) is 0.729. The van der Waals surface area contributed by atoms with Gasteiger partial charge in [0.1, 0.15) is 5.75 Å². The summed E-state index contributed by atoms with van der Waals surface area (Å²) in [5, 5.41) is 18.5. The van der Waals surface area contributed by atoms with Crippen LogP contribution in [0.15, 0.2) is 42.6 Å². The molecule has 0 bridgehead atoms. The first kappa shape index (κ1) is 15.5. The average molecular weight is 286 g/mol. The summed E-state index contributed by atoms with van der Waals surface area (Å²) in [6, 6.07) is 11.0. The highest BCUT2D eigenvalue weighted by Crippen LogP contribution is 2.18. The molecule has 0 aliphatic heterocycles. The monoisotopic (exact) mass is 286 g/mol. The van der Waals surface area contributed by atoms with Gasteiger partial charge < -0.3 is 14.8 Å². The summed E-state index contributed by atoms with van der Waals surface area (Å²) in [4.78, 5) is 6.39. The van der Waals surface area contributed by atoms with E-state index in [2.05, 4.69) is 9.88 Å². The molecule has 0 saturated heterocycles. The number of ether oxygens (including phenoxy) is 1. The molecule has 0 atom stereocenters. The highest BCUT2D eigenvalue weighted by molar-refractivity contribution is 6.58. The van der Waals surface area contributed by atoms with Gasteiger partial charge >= 0.3 is 7.12 Å². The normalized spacial score (nSPS) is 10.7. The van der Waals surface area contributed by atoms with Gasteiger partial charge in [0.15, 0.2) is 0 Å². The molecule has 6 heteroatoms. The van der Waals surface area contributed by atoms with Gasteiger partial charge in [-0.05, 0) is 30.7 Å². The van der Waals surface area contributed by atoms with Crippen molar-refractivity contribution in [2.75, 3.05) is 14.2 Å². The lowest BCUT2D eigenvalue weighted by Crippen LogP contribution is -2.30. The van der Waals surface area contributed by atoms with Crippen molar-refractivity contribution in [3.05, 3.63) is 53.9 Å². The van der Waals surface area contributed by atoms with Gasteiger partial charge in [0.25, 0.3) is 0 Å². The fourth-order valence-electron chi connectivity index (χ4n) is 2.20. The Bertz CT molecular complexity index is 578. The Kier molecular flexibility index (Phi) is 5.33. The molecular weight excluding hydrogens is 267 g/mol. The van der Waals surface area contributed by atoms with Crippen LogP contribution in [-0.2, 0) is 13.1 Å². The van der Waals surface area contributed by atoms with Crippen LogP contribution < -0.4 is 10.2 Å². The Hall–Kier alpha value is -1.89. The number of methoxy groups -OCH3 is 1. The Labute approximate surface area is 125 Å². The first-order valence-electron chi connectivity index (χ1n) is 6.71. The van der Waals surface area contributed by atoms with Gasteiger partial charge in [-0.3, -0.25) is 9.88 Å². The third kappa shape index (κ3) is 4.29. The van der Waals surface area contributed by atoms with E-state index in [1.807, 2.05) is 25.2 Å². The summed E-state index contributed by atoms with van der Waals surface area (Å²) in [5.41, 5.74) is 2.34. The Morgan fingerprint density at radius 3 is 2.62 bits per heavy atom. The Morgan fingerprint density at radius 2 is 2.00 bits per heavy atom. The summed E-state index contributed by atoms with van der Waals surface area (Å²) in [6.45, 7) is 1.33. The number of nitrogens with zero attached hydrogens (tertiary/aromatic N) is 2. The van der Waals surface area contributed by atoms with Crippen LogP contribution in [0, 0.1) is 0 Å². The largest absolute Gasteiger partial charge is 0.496 e. The van der Waals surface area contributed by atoms with Gasteiger partial charge in [-0.15, -0.1) is 0 Å². The maximum Gasteiger partial charge on any atom is 0.488 e. The van der Waals surface area contributed by atoms with Gasteiger partial charge in [-0.25, -0.2) is 0 Å². The zero-order valence-electron chi connectivity index (χ0n) is 12.2. The molecule has 1 aromatic carbocycles. The lowest BCUT2D eigenvalue weighted by Gasteiger charge is -2.18. The summed E-state index contributed by atoms with van der Waals surface area (Å²) >= 11 is 0. The number of hydrogen-bond donors (Lipinski definition) is 2. The zero-order valence-corrected chi connectivity index (χ0v) is 12.2. The van der Waals surface area contributed by atoms with E-state index in [-0.39, 0.29) is 0 Å². The molecule has 21 heavy (non-hydrogen) atoms. The van der Waals surface area contributed by atoms with Crippen molar-refractivity contribution in [3.63, 3.8) is 0 Å². The van der Waals surface area contributed by atoms with Crippen molar-refractivity contribution in [2.24, 2.45) is 0 Å². The minimum atomic E-state index is -1.48. The number of rotatable bonds is 6. The van der Waals surface area contributed by atoms with E-state index in [0.29, 0.717) is 18.6 Å². The van der Waals surface area contributed by atoms with Crippen molar-refractivity contribution >= 4 is 12.6 Å². The molecule has 0 spiro atoms. The maximum absolute atomic E-state index is 9.27. The van der Waals surface area contributed by atoms with Gasteiger partial charge in [0, 0.05) is 24.8 Å². The third-order valence-corrected chi connectivity index (χ3v) is 3.20. The van der Waals surface area contributed by atoms with Crippen LogP contribution in [-0.4, -0.2) is 41.2 Å². The Balaban J connectivity index is 2.12. The molecule has 0 saturated carbocycles. The van der Waals surface area contributed by atoms with Crippen LogP contribution in [0.2, 0.25) is 0 Å². The van der Waals surface area contributed by atoms with E-state index in [9.17, 15) is 10.0 Å². The number of hydrogen-bond acceptors (Lipinski definition) is 5. The van der Waals surface area contributed by atoms with Crippen molar-refractivity contribution in [1.29, 1.82) is 0 Å². The smallest absolute Gasteiger partial charge is 0.488 e. The molecule has 2 N–H and O–H groups in total. The molecule has 2 aromatic rings. The molecule has 0 aliphatic rings. The molecule has 5 nitrogen and oxygen atoms in total. The Morgan fingerprint density at radius 1 is 1.19 bits per heavy atom. The lowest BCUT2D eigenvalue weighted by atomic mass is 9.79. The minimum Gasteiger partial charge on any atom is -0.496 e. The van der Waals surface area contributed by atoms with Crippen molar-refractivity contribution in [3.8, 4) is 5.75 Å². The quantitative estimate of drug-likeness (QED) is 0.753. The first-order valence-corrected chi connectivity index (χ1v) is 6.71. The molecule has 0 fully saturated rings. The number of benzene rings is 1. The van der Waals surface area contributed by atoms with Gasteiger partial charge in [-0.1, -0.05) is 18.2 Å². The fourth-order valence-corrected chi connectivity index (χ4v) is 2.20. The van der Waals surface area contributed by atoms with E-state index in [4.69, 9.17) is 4.74 Å². The minimum absolute atomic E-state index is 0.456. The van der Waals surface area contributed by atoms with Crippen molar-refractivity contribution in [2.45, 2.75) is 13.1 Å². The summed E-state index contributed by atoms with van der Waals surface area (Å²) in [6.07, 6.45) is 1.77. The van der Waals surface area contributed by atoms with E-state index in [0.717, 1.165) is 17.0 Å². The topological polar surface area (TPSA) is 65.8 Å². The molecule has 1 aromatic heterocycles. The van der Waals surface area contributed by atoms with E-state index in [1.54, 1.807) is 31.5 Å². The zero-order chi connectivity index (χ0) is 15.2. The molecule has 1 heterocycles. The highest BCUT2D eigenvalue weighted by atomic mass is 16.5. The number of pyridine rings is 1. The van der Waals surface area contributed by atoms with Crippen molar-refractivity contribution in [1.82, 2.24) is 9.88 Å². The van der Waals surface area contributed by atoms with Crippen molar-refractivity contribution < 1.29 is 14.8 Å². The molecule has 0 aliphatic carbocycles. The molecule has 0 amide bonds. The second kappa shape index (κ2) is 7.22. The van der Waals surface area contributed by atoms with Crippen LogP contribution in [0.25, 0.3) is 0 Å². The van der Waals surface area contributed by atoms with Gasteiger partial charge in [-0.2, -0.15) is 0 Å². The van der Waals surface area contributed by atoms with Crippen LogP contribution in [0.3, 0.4) is 0 Å². The fraction of sp³-hybridized carbons (Fsp3) is 0.267. The molecule has 0 radical (unpaired) electrons. The summed E-state index contributed by atoms with van der Waals surface area (Å²) in [7, 11) is 2.11. The number of aromatic nitrogens is 1. The van der Waals surface area contributed by atoms with Crippen LogP contribution in [0.1, 0.15) is 11.3 Å². The molecule has 110 valence electrons. The van der Waals surface area contributed by atoms with Crippen LogP contribution in [0.4, 0.5) is 0 Å². The van der Waals surface area contributed by atoms with E-state index in [1.165, 1.54) is 0 Å². The van der Waals surface area contributed by atoms with E-state index < -0.39 is 7.12 Å². The second-order valence-electron chi connectivity index (χ2n) is 4.94. The average Bonchev–Trinajstić information content (AvgIpc) is 2.48. The second-order valence-corrected chi connectivity index (χ2v) is 4.94. The third-order valence-electron chi connectivity index (χ3n) is 3.20. The standard InChI is InChI=1S/C15H19BN2O3/c1-18(11-14-5-3-4-8-17-14)10-12-9-13(16(19)20)6-7-15(12)21-2/h3-9,19-20H,10-11H2,1-2H3. The first-order chi connectivity index (χ1) is 10.1. The predicted molar refractivity (Wildman–Crippen MR) is 82.2 cm³/mol. The van der Waals surface area contributed by atoms with Gasteiger partial charge in [0.2, 0.25) is 0 Å². The van der Waals surface area contributed by atoms with E-state index >= 15 is 0 Å².